The highest BCUT2D eigenvalue weighted by Gasteiger charge is 2.40. The number of Topliss-reactive ketones (excluding diaryl/α,β-unsaturated/α-hetero) is 2. The van der Waals surface area contributed by atoms with Gasteiger partial charge in [0.25, 0.3) is 0 Å². The van der Waals surface area contributed by atoms with Crippen molar-refractivity contribution in [2.45, 2.75) is 64.7 Å². The van der Waals surface area contributed by atoms with Crippen molar-refractivity contribution in [1.29, 1.82) is 0 Å². The number of hydrogen-bond donors (Lipinski definition) is 1. The van der Waals surface area contributed by atoms with Crippen LogP contribution < -0.4 is 14.8 Å². The number of ketones is 2. The minimum atomic E-state index is -0.340. The molecule has 0 amide bonds. The maximum Gasteiger partial charge on any atom is 0.175 e. The molecule has 30 heavy (non-hydrogen) atoms. The van der Waals surface area contributed by atoms with Gasteiger partial charge in [-0.15, -0.1) is 0 Å². The minimum Gasteiger partial charge on any atom is -0.490 e. The third-order valence-corrected chi connectivity index (χ3v) is 6.50. The number of nitrogens with one attached hydrogen (secondary N) is 1. The average Bonchev–Trinajstić information content (AvgIpc) is 2.72. The topological polar surface area (TPSA) is 64.6 Å². The largest absolute Gasteiger partial charge is 0.490 e. The SMILES string of the molecule is CCCOc1c(Br)cc(C2C3=C(CCCC3=O)NC3=C2C(=O)CCC3)cc1OCC. The Morgan fingerprint density at radius 2 is 1.60 bits per heavy atom. The van der Waals surface area contributed by atoms with Gasteiger partial charge in [0.2, 0.25) is 0 Å². The third kappa shape index (κ3) is 3.82. The Bertz CT molecular complexity index is 905. The molecule has 1 aliphatic heterocycles. The summed E-state index contributed by atoms with van der Waals surface area (Å²) >= 11 is 3.65. The maximum atomic E-state index is 13.0. The van der Waals surface area contributed by atoms with Crippen LogP contribution in [0, 0.1) is 0 Å². The van der Waals surface area contributed by atoms with Crippen LogP contribution in [0.15, 0.2) is 39.1 Å². The number of benzene rings is 1. The van der Waals surface area contributed by atoms with Crippen molar-refractivity contribution in [3.05, 3.63) is 44.7 Å². The van der Waals surface area contributed by atoms with Crippen molar-refractivity contribution in [3.63, 3.8) is 0 Å². The van der Waals surface area contributed by atoms with Gasteiger partial charge < -0.3 is 14.8 Å². The molecule has 3 aliphatic rings. The van der Waals surface area contributed by atoms with E-state index in [1.807, 2.05) is 19.1 Å². The molecule has 1 N–H and O–H groups in total. The molecule has 0 bridgehead atoms. The van der Waals surface area contributed by atoms with Crippen molar-refractivity contribution in [1.82, 2.24) is 5.32 Å². The number of rotatable bonds is 6. The summed E-state index contributed by atoms with van der Waals surface area (Å²) in [7, 11) is 0. The Morgan fingerprint density at radius 3 is 2.17 bits per heavy atom. The number of carbonyl (C=O) groups excluding carboxylic acids is 2. The molecule has 0 saturated carbocycles. The molecule has 0 radical (unpaired) electrons. The summed E-state index contributed by atoms with van der Waals surface area (Å²) in [5, 5.41) is 3.46. The first kappa shape index (κ1) is 21.2. The van der Waals surface area contributed by atoms with Gasteiger partial charge in [0.15, 0.2) is 23.1 Å². The second kappa shape index (κ2) is 8.96. The molecule has 1 heterocycles. The van der Waals surface area contributed by atoms with E-state index in [0.717, 1.165) is 64.7 Å². The number of dihydropyridines is 1. The number of halogens is 1. The first-order valence-electron chi connectivity index (χ1n) is 10.9. The summed E-state index contributed by atoms with van der Waals surface area (Å²) in [6, 6.07) is 3.94. The van der Waals surface area contributed by atoms with Gasteiger partial charge in [0.1, 0.15) is 0 Å². The van der Waals surface area contributed by atoms with E-state index in [0.29, 0.717) is 37.6 Å². The summed E-state index contributed by atoms with van der Waals surface area (Å²) in [6.45, 7) is 5.09. The monoisotopic (exact) mass is 473 g/mol. The summed E-state index contributed by atoms with van der Waals surface area (Å²) in [5.41, 5.74) is 4.40. The standard InChI is InChI=1S/C24H28BrNO4/c1-3-11-30-24-15(25)12-14(13-20(24)29-4-2)21-22-16(7-5-9-18(22)27)26-17-8-6-10-19(28)23(17)21/h12-13,21,26H,3-11H2,1-2H3. The Hall–Kier alpha value is -2.08. The molecule has 0 unspecified atom stereocenters. The number of ether oxygens (including phenoxy) is 2. The lowest BCUT2D eigenvalue weighted by molar-refractivity contribution is -0.116. The predicted octanol–water partition coefficient (Wildman–Crippen LogP) is 5.34. The van der Waals surface area contributed by atoms with Crippen LogP contribution in [-0.2, 0) is 9.59 Å². The van der Waals surface area contributed by atoms with Crippen LogP contribution in [0.5, 0.6) is 11.5 Å². The van der Waals surface area contributed by atoms with Gasteiger partial charge >= 0.3 is 0 Å². The summed E-state index contributed by atoms with van der Waals surface area (Å²) in [6.07, 6.45) is 5.36. The second-order valence-electron chi connectivity index (χ2n) is 8.01. The zero-order valence-electron chi connectivity index (χ0n) is 17.6. The molecule has 0 atom stereocenters. The van der Waals surface area contributed by atoms with E-state index in [1.165, 1.54) is 0 Å². The molecule has 1 aromatic carbocycles. The fraction of sp³-hybridized carbons (Fsp3) is 0.500. The zero-order valence-corrected chi connectivity index (χ0v) is 19.2. The quantitative estimate of drug-likeness (QED) is 0.603. The van der Waals surface area contributed by atoms with Gasteiger partial charge in [-0.2, -0.15) is 0 Å². The number of hydrogen-bond acceptors (Lipinski definition) is 5. The third-order valence-electron chi connectivity index (χ3n) is 5.91. The average molecular weight is 474 g/mol. The van der Waals surface area contributed by atoms with Crippen molar-refractivity contribution >= 4 is 27.5 Å². The highest BCUT2D eigenvalue weighted by atomic mass is 79.9. The van der Waals surface area contributed by atoms with Gasteiger partial charge in [0.05, 0.1) is 17.7 Å². The van der Waals surface area contributed by atoms with Crippen LogP contribution in [-0.4, -0.2) is 24.8 Å². The first-order valence-corrected chi connectivity index (χ1v) is 11.7. The Balaban J connectivity index is 1.87. The molecule has 6 heteroatoms. The molecule has 4 rings (SSSR count). The Morgan fingerprint density at radius 1 is 0.967 bits per heavy atom. The maximum absolute atomic E-state index is 13.0. The fourth-order valence-corrected chi connectivity index (χ4v) is 5.25. The van der Waals surface area contributed by atoms with E-state index in [9.17, 15) is 9.59 Å². The lowest BCUT2D eigenvalue weighted by Gasteiger charge is -2.37. The van der Waals surface area contributed by atoms with Crippen molar-refractivity contribution in [2.75, 3.05) is 13.2 Å². The van der Waals surface area contributed by atoms with Crippen molar-refractivity contribution in [2.24, 2.45) is 0 Å². The molecule has 160 valence electrons. The van der Waals surface area contributed by atoms with E-state index < -0.39 is 0 Å². The van der Waals surface area contributed by atoms with Crippen LogP contribution in [0.2, 0.25) is 0 Å². The molecule has 0 fully saturated rings. The zero-order chi connectivity index (χ0) is 21.3. The normalized spacial score (nSPS) is 19.4. The minimum absolute atomic E-state index is 0.138. The lowest BCUT2D eigenvalue weighted by Crippen LogP contribution is -2.36. The van der Waals surface area contributed by atoms with E-state index >= 15 is 0 Å². The van der Waals surface area contributed by atoms with E-state index in [4.69, 9.17) is 9.47 Å². The molecule has 1 aromatic rings. The first-order chi connectivity index (χ1) is 14.5. The second-order valence-corrected chi connectivity index (χ2v) is 8.86. The summed E-state index contributed by atoms with van der Waals surface area (Å²) in [5.74, 6) is 1.25. The van der Waals surface area contributed by atoms with Gasteiger partial charge in [-0.3, -0.25) is 9.59 Å². The lowest BCUT2D eigenvalue weighted by atomic mass is 9.71. The van der Waals surface area contributed by atoms with Crippen LogP contribution in [0.3, 0.4) is 0 Å². The van der Waals surface area contributed by atoms with Gasteiger partial charge in [-0.25, -0.2) is 0 Å². The number of allylic oxidation sites excluding steroid dienone is 4. The molecule has 5 nitrogen and oxygen atoms in total. The Labute approximate surface area is 186 Å². The van der Waals surface area contributed by atoms with E-state index in [2.05, 4.69) is 28.2 Å². The van der Waals surface area contributed by atoms with Gasteiger partial charge in [-0.05, 0) is 72.7 Å². The van der Waals surface area contributed by atoms with E-state index in [-0.39, 0.29) is 17.5 Å². The van der Waals surface area contributed by atoms with Crippen molar-refractivity contribution in [3.8, 4) is 11.5 Å². The molecule has 2 aliphatic carbocycles. The van der Waals surface area contributed by atoms with Crippen LogP contribution in [0.25, 0.3) is 0 Å². The van der Waals surface area contributed by atoms with E-state index in [1.54, 1.807) is 0 Å². The van der Waals surface area contributed by atoms with Gasteiger partial charge in [-0.1, -0.05) is 6.92 Å². The highest BCUT2D eigenvalue weighted by Crippen LogP contribution is 2.48. The fourth-order valence-electron chi connectivity index (χ4n) is 4.68. The Kier molecular flexibility index (Phi) is 6.32. The highest BCUT2D eigenvalue weighted by molar-refractivity contribution is 9.10. The molecular formula is C24H28BrNO4. The van der Waals surface area contributed by atoms with Crippen LogP contribution in [0.1, 0.15) is 70.3 Å². The molecule has 0 spiro atoms. The molecular weight excluding hydrogens is 446 g/mol. The van der Waals surface area contributed by atoms with Crippen molar-refractivity contribution < 1.29 is 19.1 Å². The van der Waals surface area contributed by atoms with Crippen LogP contribution in [0.4, 0.5) is 0 Å². The van der Waals surface area contributed by atoms with Crippen LogP contribution >= 0.6 is 15.9 Å². The predicted molar refractivity (Wildman–Crippen MR) is 119 cm³/mol. The summed E-state index contributed by atoms with van der Waals surface area (Å²) in [4.78, 5) is 26.0. The summed E-state index contributed by atoms with van der Waals surface area (Å²) < 4.78 is 12.6. The molecule has 0 aromatic heterocycles. The van der Waals surface area contributed by atoms with Gasteiger partial charge in [0, 0.05) is 41.3 Å². The number of carbonyl (C=O) groups is 2. The molecule has 0 saturated heterocycles. The smallest absolute Gasteiger partial charge is 0.175 e.